The topological polar surface area (TPSA) is 120 Å². The molecular weight excluding hydrogens is 324 g/mol. The Bertz CT molecular complexity index is 749. The van der Waals surface area contributed by atoms with Crippen LogP contribution in [0.25, 0.3) is 0 Å². The third-order valence-corrected chi connectivity index (χ3v) is 3.18. The standard InChI is InChI=1S/C17H18N4O4/c22-10-9-19-16(24)17(25)21-14-7-2-1-6-13(14)15(23)20-11-12-5-3-4-8-18-12/h1-8,22H,9-11H2,(H,19,24)(H,20,23)(H,21,25). The SMILES string of the molecule is O=C(NCCO)C(=O)Nc1ccccc1C(=O)NCc1ccccn1. The summed E-state index contributed by atoms with van der Waals surface area (Å²) < 4.78 is 0. The van der Waals surface area contributed by atoms with Gasteiger partial charge in [0.25, 0.3) is 5.91 Å². The number of carbonyl (C=O) groups excluding carboxylic acids is 3. The lowest BCUT2D eigenvalue weighted by Crippen LogP contribution is -2.37. The normalized spacial score (nSPS) is 9.96. The van der Waals surface area contributed by atoms with Gasteiger partial charge >= 0.3 is 11.8 Å². The Morgan fingerprint density at radius 2 is 1.72 bits per heavy atom. The molecule has 1 heterocycles. The fourth-order valence-electron chi connectivity index (χ4n) is 1.99. The smallest absolute Gasteiger partial charge is 0.313 e. The number of pyridine rings is 1. The number of aliphatic hydroxyl groups excluding tert-OH is 1. The highest BCUT2D eigenvalue weighted by atomic mass is 16.3. The molecule has 25 heavy (non-hydrogen) atoms. The van der Waals surface area contributed by atoms with Crippen molar-refractivity contribution in [1.29, 1.82) is 0 Å². The first-order valence-corrected chi connectivity index (χ1v) is 7.59. The lowest BCUT2D eigenvalue weighted by Gasteiger charge is -2.11. The molecule has 0 saturated heterocycles. The monoisotopic (exact) mass is 342 g/mol. The summed E-state index contributed by atoms with van der Waals surface area (Å²) in [5.74, 6) is -2.21. The molecule has 0 unspecified atom stereocenters. The van der Waals surface area contributed by atoms with Gasteiger partial charge in [-0.25, -0.2) is 0 Å². The molecular formula is C17H18N4O4. The number of aromatic nitrogens is 1. The Kier molecular flexibility index (Phi) is 6.61. The van der Waals surface area contributed by atoms with Crippen LogP contribution in [-0.2, 0) is 16.1 Å². The van der Waals surface area contributed by atoms with Crippen LogP contribution in [0.2, 0.25) is 0 Å². The van der Waals surface area contributed by atoms with Gasteiger partial charge in [-0.3, -0.25) is 19.4 Å². The van der Waals surface area contributed by atoms with E-state index in [0.717, 1.165) is 0 Å². The number of hydrogen-bond acceptors (Lipinski definition) is 5. The molecule has 1 aromatic carbocycles. The van der Waals surface area contributed by atoms with Gasteiger partial charge < -0.3 is 21.1 Å². The van der Waals surface area contributed by atoms with Gasteiger partial charge in [-0.2, -0.15) is 0 Å². The van der Waals surface area contributed by atoms with E-state index >= 15 is 0 Å². The van der Waals surface area contributed by atoms with Crippen molar-refractivity contribution in [3.8, 4) is 0 Å². The van der Waals surface area contributed by atoms with Gasteiger partial charge in [-0.15, -0.1) is 0 Å². The summed E-state index contributed by atoms with van der Waals surface area (Å²) in [4.78, 5) is 39.8. The van der Waals surface area contributed by atoms with Crippen molar-refractivity contribution < 1.29 is 19.5 Å². The Hall–Kier alpha value is -3.26. The molecule has 0 aliphatic rings. The lowest BCUT2D eigenvalue weighted by molar-refractivity contribution is -0.136. The van der Waals surface area contributed by atoms with Crippen molar-refractivity contribution in [3.63, 3.8) is 0 Å². The van der Waals surface area contributed by atoms with Gasteiger partial charge in [0, 0.05) is 12.7 Å². The number of nitrogens with zero attached hydrogens (tertiary/aromatic N) is 1. The van der Waals surface area contributed by atoms with E-state index in [9.17, 15) is 14.4 Å². The summed E-state index contributed by atoms with van der Waals surface area (Å²) in [5.41, 5.74) is 1.13. The molecule has 0 aliphatic heterocycles. The van der Waals surface area contributed by atoms with E-state index in [0.29, 0.717) is 5.69 Å². The average molecular weight is 342 g/mol. The van der Waals surface area contributed by atoms with E-state index in [1.54, 1.807) is 30.5 Å². The zero-order chi connectivity index (χ0) is 18.1. The van der Waals surface area contributed by atoms with Crippen LogP contribution in [0.4, 0.5) is 5.69 Å². The molecule has 8 nitrogen and oxygen atoms in total. The number of rotatable bonds is 6. The number of benzene rings is 1. The minimum atomic E-state index is -0.918. The molecule has 0 saturated carbocycles. The van der Waals surface area contributed by atoms with Crippen LogP contribution in [0, 0.1) is 0 Å². The molecule has 4 N–H and O–H groups in total. The molecule has 0 radical (unpaired) electrons. The number of carbonyl (C=O) groups is 3. The van der Waals surface area contributed by atoms with E-state index < -0.39 is 17.7 Å². The molecule has 1 aromatic heterocycles. The van der Waals surface area contributed by atoms with Crippen molar-refractivity contribution in [2.75, 3.05) is 18.5 Å². The molecule has 0 spiro atoms. The van der Waals surface area contributed by atoms with Crippen molar-refractivity contribution >= 4 is 23.4 Å². The first-order valence-electron chi connectivity index (χ1n) is 7.59. The maximum atomic E-state index is 12.3. The minimum absolute atomic E-state index is 0.0293. The molecule has 3 amide bonds. The van der Waals surface area contributed by atoms with Gasteiger partial charge in [-0.05, 0) is 24.3 Å². The highest BCUT2D eigenvalue weighted by Gasteiger charge is 2.17. The summed E-state index contributed by atoms with van der Waals surface area (Å²) in [7, 11) is 0. The van der Waals surface area contributed by atoms with Crippen LogP contribution in [-0.4, -0.2) is 41.0 Å². The van der Waals surface area contributed by atoms with E-state index in [1.165, 1.54) is 12.1 Å². The first-order chi connectivity index (χ1) is 12.1. The van der Waals surface area contributed by atoms with E-state index in [2.05, 4.69) is 20.9 Å². The molecule has 0 atom stereocenters. The van der Waals surface area contributed by atoms with Crippen LogP contribution < -0.4 is 16.0 Å². The van der Waals surface area contributed by atoms with E-state index in [-0.39, 0.29) is 30.9 Å². The molecule has 0 bridgehead atoms. The molecule has 8 heteroatoms. The van der Waals surface area contributed by atoms with Crippen LogP contribution in [0.5, 0.6) is 0 Å². The van der Waals surface area contributed by atoms with Crippen molar-refractivity contribution in [2.45, 2.75) is 6.54 Å². The van der Waals surface area contributed by atoms with Gasteiger partial charge in [0.15, 0.2) is 0 Å². The summed E-state index contributed by atoms with van der Waals surface area (Å²) in [6.45, 7) is -0.0665. The summed E-state index contributed by atoms with van der Waals surface area (Å²) >= 11 is 0. The predicted octanol–water partition coefficient (Wildman–Crippen LogP) is 0.0586. The summed E-state index contributed by atoms with van der Waals surface area (Å²) in [6, 6.07) is 11.7. The van der Waals surface area contributed by atoms with Gasteiger partial charge in [0.1, 0.15) is 0 Å². The Balaban J connectivity index is 2.02. The third kappa shape index (κ3) is 5.40. The number of para-hydroxylation sites is 1. The molecule has 130 valence electrons. The van der Waals surface area contributed by atoms with Crippen LogP contribution >= 0.6 is 0 Å². The average Bonchev–Trinajstić information content (AvgIpc) is 2.65. The van der Waals surface area contributed by atoms with Crippen LogP contribution in [0.1, 0.15) is 16.1 Å². The zero-order valence-corrected chi connectivity index (χ0v) is 13.4. The van der Waals surface area contributed by atoms with Crippen LogP contribution in [0.15, 0.2) is 48.7 Å². The summed E-state index contributed by atoms with van der Waals surface area (Å²) in [6.07, 6.45) is 1.63. The molecule has 2 aromatic rings. The second-order valence-corrected chi connectivity index (χ2v) is 4.98. The second-order valence-electron chi connectivity index (χ2n) is 4.98. The number of anilines is 1. The fraction of sp³-hybridized carbons (Fsp3) is 0.176. The molecule has 2 rings (SSSR count). The number of aliphatic hydroxyl groups is 1. The quantitative estimate of drug-likeness (QED) is 0.553. The Labute approximate surface area is 144 Å². The Morgan fingerprint density at radius 1 is 0.960 bits per heavy atom. The second kappa shape index (κ2) is 9.14. The van der Waals surface area contributed by atoms with Crippen molar-refractivity contribution in [2.24, 2.45) is 0 Å². The highest BCUT2D eigenvalue weighted by Crippen LogP contribution is 2.15. The predicted molar refractivity (Wildman–Crippen MR) is 90.6 cm³/mol. The number of hydrogen-bond donors (Lipinski definition) is 4. The van der Waals surface area contributed by atoms with Crippen LogP contribution in [0.3, 0.4) is 0 Å². The first kappa shape index (κ1) is 18.1. The highest BCUT2D eigenvalue weighted by molar-refractivity contribution is 6.40. The largest absolute Gasteiger partial charge is 0.395 e. The maximum Gasteiger partial charge on any atom is 0.313 e. The van der Waals surface area contributed by atoms with Gasteiger partial charge in [0.05, 0.1) is 30.1 Å². The Morgan fingerprint density at radius 3 is 2.44 bits per heavy atom. The van der Waals surface area contributed by atoms with Crippen molar-refractivity contribution in [1.82, 2.24) is 15.6 Å². The van der Waals surface area contributed by atoms with Gasteiger partial charge in [0.2, 0.25) is 0 Å². The molecule has 0 aliphatic carbocycles. The number of amides is 3. The maximum absolute atomic E-state index is 12.3. The lowest BCUT2D eigenvalue weighted by atomic mass is 10.1. The minimum Gasteiger partial charge on any atom is -0.395 e. The van der Waals surface area contributed by atoms with E-state index in [4.69, 9.17) is 5.11 Å². The van der Waals surface area contributed by atoms with Gasteiger partial charge in [-0.1, -0.05) is 18.2 Å². The zero-order valence-electron chi connectivity index (χ0n) is 13.4. The summed E-state index contributed by atoms with van der Waals surface area (Å²) in [5, 5.41) is 16.0. The fourth-order valence-corrected chi connectivity index (χ4v) is 1.99. The van der Waals surface area contributed by atoms with E-state index in [1.807, 2.05) is 6.07 Å². The third-order valence-electron chi connectivity index (χ3n) is 3.18. The molecule has 0 fully saturated rings. The van der Waals surface area contributed by atoms with Crippen molar-refractivity contribution in [3.05, 3.63) is 59.9 Å². The number of nitrogens with one attached hydrogen (secondary N) is 3.